The first-order chi connectivity index (χ1) is 16.8. The first-order valence-corrected chi connectivity index (χ1v) is 11.3. The van der Waals surface area contributed by atoms with Gasteiger partial charge in [-0.25, -0.2) is 0 Å². The number of nitrogens with zero attached hydrogens (tertiary/aromatic N) is 2. The number of benzene rings is 3. The average Bonchev–Trinajstić information content (AvgIpc) is 3.34. The normalized spacial score (nSPS) is 18.2. The van der Waals surface area contributed by atoms with Crippen molar-refractivity contribution in [1.29, 1.82) is 0 Å². The zero-order chi connectivity index (χ0) is 22.9. The van der Waals surface area contributed by atoms with Crippen LogP contribution in [0.2, 0.25) is 0 Å². The number of para-hydroxylation sites is 3. The number of hydrogen-bond acceptors (Lipinski definition) is 4. The molecule has 34 heavy (non-hydrogen) atoms. The number of carbonyl (C=O) groups excluding carboxylic acids is 1. The van der Waals surface area contributed by atoms with Crippen molar-refractivity contribution in [2.45, 2.75) is 12.1 Å². The van der Waals surface area contributed by atoms with Crippen LogP contribution in [0.15, 0.2) is 102 Å². The van der Waals surface area contributed by atoms with Gasteiger partial charge >= 0.3 is 0 Å². The summed E-state index contributed by atoms with van der Waals surface area (Å²) >= 11 is 0. The van der Waals surface area contributed by atoms with Crippen molar-refractivity contribution in [2.75, 3.05) is 13.2 Å². The van der Waals surface area contributed by atoms with E-state index in [1.165, 1.54) is 0 Å². The molecule has 4 aromatic rings. The lowest BCUT2D eigenvalue weighted by Crippen LogP contribution is -2.45. The third-order valence-electron chi connectivity index (χ3n) is 6.17. The van der Waals surface area contributed by atoms with Crippen molar-refractivity contribution in [3.63, 3.8) is 0 Å². The highest BCUT2D eigenvalue weighted by Crippen LogP contribution is 2.35. The highest BCUT2D eigenvalue weighted by atomic mass is 16.6. The number of hydrogen-bond donors (Lipinski definition) is 1. The molecule has 1 N–H and O–H groups in total. The van der Waals surface area contributed by atoms with Crippen LogP contribution in [0.1, 0.15) is 22.9 Å². The molecule has 3 aromatic carbocycles. The Labute approximate surface area is 197 Å². The molecule has 0 saturated carbocycles. The summed E-state index contributed by atoms with van der Waals surface area (Å²) in [6.45, 7) is 0.450. The maximum absolute atomic E-state index is 13.0. The van der Waals surface area contributed by atoms with Gasteiger partial charge in [0.25, 0.3) is 5.91 Å². The molecular formula is C28H23N3O3. The zero-order valence-corrected chi connectivity index (χ0v) is 18.4. The molecule has 6 rings (SSSR count). The molecule has 2 aliphatic heterocycles. The predicted octanol–water partition coefficient (Wildman–Crippen LogP) is 4.33. The summed E-state index contributed by atoms with van der Waals surface area (Å²) in [6.07, 6.45) is 1.32. The minimum absolute atomic E-state index is 0.170. The molecule has 168 valence electrons. The van der Waals surface area contributed by atoms with Gasteiger partial charge in [-0.1, -0.05) is 60.7 Å². The molecule has 3 heterocycles. The molecule has 2 aliphatic rings. The van der Waals surface area contributed by atoms with Crippen molar-refractivity contribution in [1.82, 2.24) is 9.88 Å². The molecule has 2 atom stereocenters. The van der Waals surface area contributed by atoms with Crippen LogP contribution in [0.3, 0.4) is 0 Å². The van der Waals surface area contributed by atoms with E-state index in [1.807, 2.05) is 66.9 Å². The van der Waals surface area contributed by atoms with E-state index in [2.05, 4.69) is 34.1 Å². The fourth-order valence-electron chi connectivity index (χ4n) is 4.51. The molecule has 0 unspecified atom stereocenters. The highest BCUT2D eigenvalue weighted by molar-refractivity contribution is 6.04. The SMILES string of the molecule is O=C(NCC1=N[C@H](c2ccccc2)c2ccccc2-n2cccc21)[C@@H]1COc2ccccc2O1. The van der Waals surface area contributed by atoms with E-state index in [1.54, 1.807) is 6.07 Å². The minimum Gasteiger partial charge on any atom is -0.485 e. The summed E-state index contributed by atoms with van der Waals surface area (Å²) in [5.41, 5.74) is 5.07. The number of rotatable bonds is 4. The quantitative estimate of drug-likeness (QED) is 0.505. The predicted molar refractivity (Wildman–Crippen MR) is 130 cm³/mol. The van der Waals surface area contributed by atoms with Gasteiger partial charge in [0.2, 0.25) is 6.10 Å². The Bertz CT molecular complexity index is 1380. The van der Waals surface area contributed by atoms with Gasteiger partial charge in [0.1, 0.15) is 12.6 Å². The smallest absolute Gasteiger partial charge is 0.265 e. The summed E-state index contributed by atoms with van der Waals surface area (Å²) in [7, 11) is 0. The number of fused-ring (bicyclic) bond motifs is 4. The molecule has 0 spiro atoms. The van der Waals surface area contributed by atoms with Crippen LogP contribution in [0.25, 0.3) is 5.69 Å². The van der Waals surface area contributed by atoms with E-state index in [4.69, 9.17) is 14.5 Å². The lowest BCUT2D eigenvalue weighted by atomic mass is 9.98. The molecule has 6 heteroatoms. The molecule has 1 aromatic heterocycles. The standard InChI is InChI=1S/C28H23N3O3/c32-28(26-18-33-24-14-6-7-15-25(24)34-26)29-17-21-23-13-8-16-31(23)22-12-5-4-11-20(22)27(30-21)19-9-2-1-3-10-19/h1-16,26-27H,17-18H2,(H,29,32)/t26-,27+/m0/s1. The minimum atomic E-state index is -0.713. The van der Waals surface area contributed by atoms with Crippen LogP contribution in [0, 0.1) is 0 Å². The Morgan fingerprint density at radius 2 is 1.68 bits per heavy atom. The Balaban J connectivity index is 1.30. The van der Waals surface area contributed by atoms with E-state index < -0.39 is 6.10 Å². The fraction of sp³-hybridized carbons (Fsp3) is 0.143. The lowest BCUT2D eigenvalue weighted by Gasteiger charge is -2.25. The molecule has 0 aliphatic carbocycles. The Morgan fingerprint density at radius 3 is 2.56 bits per heavy atom. The summed E-state index contributed by atoms with van der Waals surface area (Å²) in [5.74, 6) is 1.00. The largest absolute Gasteiger partial charge is 0.485 e. The van der Waals surface area contributed by atoms with Crippen molar-refractivity contribution in [3.05, 3.63) is 114 Å². The van der Waals surface area contributed by atoms with E-state index in [0.717, 1.165) is 28.2 Å². The van der Waals surface area contributed by atoms with Crippen LogP contribution in [-0.2, 0) is 4.79 Å². The van der Waals surface area contributed by atoms with E-state index in [9.17, 15) is 4.79 Å². The Morgan fingerprint density at radius 1 is 0.912 bits per heavy atom. The highest BCUT2D eigenvalue weighted by Gasteiger charge is 2.29. The lowest BCUT2D eigenvalue weighted by molar-refractivity contribution is -0.130. The molecule has 0 saturated heterocycles. The van der Waals surface area contributed by atoms with E-state index in [-0.39, 0.29) is 25.1 Å². The van der Waals surface area contributed by atoms with Gasteiger partial charge in [0, 0.05) is 11.8 Å². The number of nitrogens with one attached hydrogen (secondary N) is 1. The van der Waals surface area contributed by atoms with Crippen LogP contribution < -0.4 is 14.8 Å². The zero-order valence-electron chi connectivity index (χ0n) is 18.4. The Hall–Kier alpha value is -4.32. The summed E-state index contributed by atoms with van der Waals surface area (Å²) in [5, 5.41) is 3.02. The summed E-state index contributed by atoms with van der Waals surface area (Å²) < 4.78 is 13.7. The molecular weight excluding hydrogens is 426 g/mol. The van der Waals surface area contributed by atoms with Crippen molar-refractivity contribution >= 4 is 11.6 Å². The van der Waals surface area contributed by atoms with Gasteiger partial charge in [-0.05, 0) is 35.9 Å². The van der Waals surface area contributed by atoms with Crippen LogP contribution in [0.4, 0.5) is 0 Å². The molecule has 1 amide bonds. The number of aromatic nitrogens is 1. The second kappa shape index (κ2) is 8.56. The second-order valence-electron chi connectivity index (χ2n) is 8.29. The van der Waals surface area contributed by atoms with Crippen LogP contribution in [0.5, 0.6) is 11.5 Å². The van der Waals surface area contributed by atoms with Crippen molar-refractivity contribution < 1.29 is 14.3 Å². The topological polar surface area (TPSA) is 64.9 Å². The van der Waals surface area contributed by atoms with Crippen molar-refractivity contribution in [2.24, 2.45) is 4.99 Å². The van der Waals surface area contributed by atoms with E-state index >= 15 is 0 Å². The first-order valence-electron chi connectivity index (χ1n) is 11.3. The van der Waals surface area contributed by atoms with Gasteiger partial charge < -0.3 is 19.4 Å². The third-order valence-corrected chi connectivity index (χ3v) is 6.17. The Kier molecular flexibility index (Phi) is 5.11. The molecule has 0 bridgehead atoms. The maximum atomic E-state index is 13.0. The van der Waals surface area contributed by atoms with Gasteiger partial charge in [-0.15, -0.1) is 0 Å². The van der Waals surface area contributed by atoms with Gasteiger partial charge in [0.05, 0.1) is 23.6 Å². The first kappa shape index (κ1) is 20.3. The molecule has 0 radical (unpaired) electrons. The number of carbonyl (C=O) groups is 1. The van der Waals surface area contributed by atoms with Gasteiger partial charge in [0.15, 0.2) is 11.5 Å². The average molecular weight is 450 g/mol. The monoisotopic (exact) mass is 449 g/mol. The summed E-state index contributed by atoms with van der Waals surface area (Å²) in [6, 6.07) is 29.8. The van der Waals surface area contributed by atoms with Crippen molar-refractivity contribution in [3.8, 4) is 17.2 Å². The van der Waals surface area contributed by atoms with Gasteiger partial charge in [-0.3, -0.25) is 9.79 Å². The maximum Gasteiger partial charge on any atom is 0.265 e. The number of amides is 1. The van der Waals surface area contributed by atoms with Crippen LogP contribution >= 0.6 is 0 Å². The third kappa shape index (κ3) is 3.63. The number of ether oxygens (including phenoxy) is 2. The number of aliphatic imine (C=N–C) groups is 1. The van der Waals surface area contributed by atoms with Gasteiger partial charge in [-0.2, -0.15) is 0 Å². The molecule has 0 fully saturated rings. The second-order valence-corrected chi connectivity index (χ2v) is 8.29. The summed E-state index contributed by atoms with van der Waals surface area (Å²) in [4.78, 5) is 18.1. The molecule has 6 nitrogen and oxygen atoms in total. The fourth-order valence-corrected chi connectivity index (χ4v) is 4.51. The van der Waals surface area contributed by atoms with E-state index in [0.29, 0.717) is 11.5 Å². The van der Waals surface area contributed by atoms with Crippen LogP contribution in [-0.4, -0.2) is 35.4 Å².